The van der Waals surface area contributed by atoms with Gasteiger partial charge in [0.05, 0.1) is 0 Å². The van der Waals surface area contributed by atoms with Gasteiger partial charge in [0.15, 0.2) is 0 Å². The lowest BCUT2D eigenvalue weighted by Gasteiger charge is -2.28. The van der Waals surface area contributed by atoms with Crippen LogP contribution in [0.2, 0.25) is 0 Å². The van der Waals surface area contributed by atoms with Crippen molar-refractivity contribution in [3.8, 4) is 5.69 Å². The van der Waals surface area contributed by atoms with Crippen LogP contribution in [-0.4, -0.2) is 46.3 Å². The number of amides is 4. The molecular formula is C21H23N3O3. The maximum Gasteiger partial charge on any atom is 0.333 e. The standard InChI is InChI=1S/C21H23N3O3/c1-12-7-8-18(13(2)9-12)24-14(3)10-16(15(24)4)11-17-19(25)22(5)21(27)23(6)20(17)26/h7-11H,1-6H3. The molecule has 1 aliphatic rings. The van der Waals surface area contributed by atoms with Crippen molar-refractivity contribution in [3.05, 3.63) is 57.9 Å². The average molecular weight is 365 g/mol. The summed E-state index contributed by atoms with van der Waals surface area (Å²) in [4.78, 5) is 38.7. The molecule has 6 heteroatoms. The molecule has 0 spiro atoms. The first-order valence-electron chi connectivity index (χ1n) is 8.71. The molecule has 0 saturated carbocycles. The minimum atomic E-state index is -0.622. The lowest BCUT2D eigenvalue weighted by Crippen LogP contribution is -2.52. The Hall–Kier alpha value is -3.15. The number of carbonyl (C=O) groups is 3. The van der Waals surface area contributed by atoms with Crippen molar-refractivity contribution < 1.29 is 14.4 Å². The summed E-state index contributed by atoms with van der Waals surface area (Å²) in [5.74, 6) is -1.17. The van der Waals surface area contributed by atoms with Crippen LogP contribution in [0.3, 0.4) is 0 Å². The Bertz CT molecular complexity index is 988. The Labute approximate surface area is 158 Å². The first kappa shape index (κ1) is 18.6. The molecule has 0 unspecified atom stereocenters. The predicted molar refractivity (Wildman–Crippen MR) is 104 cm³/mol. The van der Waals surface area contributed by atoms with E-state index in [1.54, 1.807) is 6.08 Å². The molecule has 3 rings (SSSR count). The Morgan fingerprint density at radius 2 is 1.44 bits per heavy atom. The van der Waals surface area contributed by atoms with Gasteiger partial charge < -0.3 is 4.57 Å². The maximum atomic E-state index is 12.4. The number of barbiturate groups is 1. The van der Waals surface area contributed by atoms with Gasteiger partial charge in [0.2, 0.25) is 0 Å². The smallest absolute Gasteiger partial charge is 0.318 e. The molecule has 1 fully saturated rings. The van der Waals surface area contributed by atoms with Gasteiger partial charge in [-0.2, -0.15) is 0 Å². The van der Waals surface area contributed by atoms with Crippen LogP contribution in [0.5, 0.6) is 0 Å². The highest BCUT2D eigenvalue weighted by atomic mass is 16.2. The maximum absolute atomic E-state index is 12.4. The van der Waals surface area contributed by atoms with E-state index in [1.807, 2.05) is 19.9 Å². The van der Waals surface area contributed by atoms with E-state index in [9.17, 15) is 14.4 Å². The third kappa shape index (κ3) is 2.97. The van der Waals surface area contributed by atoms with Crippen molar-refractivity contribution in [2.45, 2.75) is 27.7 Å². The summed E-state index contributed by atoms with van der Waals surface area (Å²) in [5, 5.41) is 0. The molecule has 0 aliphatic carbocycles. The van der Waals surface area contributed by atoms with E-state index in [0.717, 1.165) is 38.0 Å². The highest BCUT2D eigenvalue weighted by molar-refractivity contribution is 6.30. The van der Waals surface area contributed by atoms with Crippen molar-refractivity contribution in [3.63, 3.8) is 0 Å². The lowest BCUT2D eigenvalue weighted by molar-refractivity contribution is -0.134. The fraction of sp³-hybridized carbons (Fsp3) is 0.286. The largest absolute Gasteiger partial charge is 0.333 e. The van der Waals surface area contributed by atoms with Crippen LogP contribution in [0.15, 0.2) is 29.8 Å². The molecule has 0 radical (unpaired) electrons. The molecule has 27 heavy (non-hydrogen) atoms. The third-order valence-corrected chi connectivity index (χ3v) is 5.01. The normalized spacial score (nSPS) is 15.0. The molecule has 1 aromatic heterocycles. The van der Waals surface area contributed by atoms with Gasteiger partial charge in [0, 0.05) is 31.2 Å². The van der Waals surface area contributed by atoms with Gasteiger partial charge in [0.1, 0.15) is 5.57 Å². The minimum Gasteiger partial charge on any atom is -0.318 e. The highest BCUT2D eigenvalue weighted by Crippen LogP contribution is 2.27. The number of hydrogen-bond acceptors (Lipinski definition) is 3. The summed E-state index contributed by atoms with van der Waals surface area (Å²) in [7, 11) is 2.75. The Balaban J connectivity index is 2.12. The van der Waals surface area contributed by atoms with E-state index in [4.69, 9.17) is 0 Å². The first-order chi connectivity index (χ1) is 12.6. The molecule has 0 bridgehead atoms. The number of likely N-dealkylation sites (N-methyl/N-ethyl adjacent to an activating group) is 2. The van der Waals surface area contributed by atoms with E-state index in [-0.39, 0.29) is 5.57 Å². The highest BCUT2D eigenvalue weighted by Gasteiger charge is 2.38. The van der Waals surface area contributed by atoms with Crippen LogP contribution in [-0.2, 0) is 9.59 Å². The number of benzene rings is 1. The van der Waals surface area contributed by atoms with Crippen molar-refractivity contribution in [2.75, 3.05) is 14.1 Å². The fourth-order valence-corrected chi connectivity index (χ4v) is 3.49. The molecule has 6 nitrogen and oxygen atoms in total. The predicted octanol–water partition coefficient (Wildman–Crippen LogP) is 3.14. The summed E-state index contributed by atoms with van der Waals surface area (Å²) in [6.45, 7) is 8.05. The SMILES string of the molecule is Cc1ccc(-n2c(C)cc(C=C3C(=O)N(C)C(=O)N(C)C3=O)c2C)c(C)c1. The molecule has 4 amide bonds. The van der Waals surface area contributed by atoms with Crippen LogP contribution >= 0.6 is 0 Å². The van der Waals surface area contributed by atoms with Gasteiger partial charge >= 0.3 is 6.03 Å². The summed E-state index contributed by atoms with van der Waals surface area (Å²) in [6, 6.07) is 7.57. The molecule has 1 saturated heterocycles. The Kier molecular flexibility index (Phi) is 4.51. The first-order valence-corrected chi connectivity index (χ1v) is 8.71. The molecule has 1 aliphatic heterocycles. The summed E-state index contributed by atoms with van der Waals surface area (Å²) in [6.07, 6.45) is 1.58. The van der Waals surface area contributed by atoms with Crippen molar-refractivity contribution in [2.24, 2.45) is 0 Å². The number of aryl methyl sites for hydroxylation is 3. The number of aromatic nitrogens is 1. The van der Waals surface area contributed by atoms with Gasteiger partial charge in [0.25, 0.3) is 11.8 Å². The van der Waals surface area contributed by atoms with Gasteiger partial charge in [-0.25, -0.2) is 4.79 Å². The van der Waals surface area contributed by atoms with Crippen LogP contribution in [0.1, 0.15) is 28.1 Å². The Morgan fingerprint density at radius 3 is 2.00 bits per heavy atom. The molecule has 140 valence electrons. The number of rotatable bonds is 2. The molecule has 1 aromatic carbocycles. The van der Waals surface area contributed by atoms with Gasteiger partial charge in [-0.1, -0.05) is 17.7 Å². The van der Waals surface area contributed by atoms with Crippen LogP contribution in [0, 0.1) is 27.7 Å². The van der Waals surface area contributed by atoms with Gasteiger partial charge in [-0.05, 0) is 57.0 Å². The van der Waals surface area contributed by atoms with E-state index in [2.05, 4.69) is 36.6 Å². The second-order valence-corrected chi connectivity index (χ2v) is 7.02. The van der Waals surface area contributed by atoms with E-state index in [0.29, 0.717) is 0 Å². The number of hydrogen-bond donors (Lipinski definition) is 0. The van der Waals surface area contributed by atoms with Crippen molar-refractivity contribution >= 4 is 23.9 Å². The zero-order chi connectivity index (χ0) is 20.0. The van der Waals surface area contributed by atoms with Gasteiger partial charge in [-0.3, -0.25) is 19.4 Å². The number of imide groups is 2. The summed E-state index contributed by atoms with van der Waals surface area (Å²) < 4.78 is 2.11. The summed E-state index contributed by atoms with van der Waals surface area (Å²) in [5.41, 5.74) is 6.09. The van der Waals surface area contributed by atoms with Gasteiger partial charge in [-0.15, -0.1) is 0 Å². The topological polar surface area (TPSA) is 62.6 Å². The second-order valence-electron chi connectivity index (χ2n) is 7.02. The zero-order valence-electron chi connectivity index (χ0n) is 16.5. The Morgan fingerprint density at radius 1 is 0.852 bits per heavy atom. The number of urea groups is 1. The van der Waals surface area contributed by atoms with Crippen molar-refractivity contribution in [1.82, 2.24) is 14.4 Å². The molecule has 0 N–H and O–H groups in total. The second kappa shape index (κ2) is 6.54. The number of nitrogens with zero attached hydrogens (tertiary/aromatic N) is 3. The average Bonchev–Trinajstić information content (AvgIpc) is 2.89. The minimum absolute atomic E-state index is 0.0134. The molecule has 0 atom stereocenters. The van der Waals surface area contributed by atoms with E-state index >= 15 is 0 Å². The van der Waals surface area contributed by atoms with Crippen molar-refractivity contribution in [1.29, 1.82) is 0 Å². The van der Waals surface area contributed by atoms with Crippen LogP contribution in [0.25, 0.3) is 11.8 Å². The van der Waals surface area contributed by atoms with E-state index < -0.39 is 17.8 Å². The van der Waals surface area contributed by atoms with E-state index in [1.165, 1.54) is 19.7 Å². The van der Waals surface area contributed by atoms with Crippen LogP contribution in [0.4, 0.5) is 4.79 Å². The summed E-state index contributed by atoms with van der Waals surface area (Å²) >= 11 is 0. The quantitative estimate of drug-likeness (QED) is 0.607. The fourth-order valence-electron chi connectivity index (χ4n) is 3.49. The molecule has 2 heterocycles. The third-order valence-electron chi connectivity index (χ3n) is 5.01. The molecular weight excluding hydrogens is 342 g/mol. The number of carbonyl (C=O) groups excluding carboxylic acids is 3. The zero-order valence-corrected chi connectivity index (χ0v) is 16.5. The van der Waals surface area contributed by atoms with Crippen LogP contribution < -0.4 is 0 Å². The lowest BCUT2D eigenvalue weighted by atomic mass is 10.1. The molecule has 2 aromatic rings. The monoisotopic (exact) mass is 365 g/mol.